The van der Waals surface area contributed by atoms with Gasteiger partial charge in [0.1, 0.15) is 6.17 Å². The standard InChI is InChI=1S/C26H36ClF4N3O3/c1-3-5-18(28)14-33-10-8-19(9-11-33)32-24(37)25(12-23(35)36)16-34(13-17(25)2)15-20-21(26(29,30)31)6-4-7-22(20)27/h4,6-7,17-19H,3,5,8-16H2,1-2H3,(H,32,37)(H,35,36). The lowest BCUT2D eigenvalue weighted by atomic mass is 9.75. The Labute approximate surface area is 220 Å². The van der Waals surface area contributed by atoms with Crippen molar-refractivity contribution in [3.63, 3.8) is 0 Å². The van der Waals surface area contributed by atoms with Gasteiger partial charge >= 0.3 is 12.1 Å². The number of piperidine rings is 1. The van der Waals surface area contributed by atoms with Gasteiger partial charge in [0.15, 0.2) is 0 Å². The monoisotopic (exact) mass is 549 g/mol. The van der Waals surface area contributed by atoms with Crippen molar-refractivity contribution in [2.75, 3.05) is 32.7 Å². The highest BCUT2D eigenvalue weighted by atomic mass is 35.5. The zero-order chi connectivity index (χ0) is 27.4. The molecule has 0 bridgehead atoms. The lowest BCUT2D eigenvalue weighted by molar-refractivity contribution is -0.147. The lowest BCUT2D eigenvalue weighted by Crippen LogP contribution is -2.53. The number of hydrogen-bond donors (Lipinski definition) is 2. The van der Waals surface area contributed by atoms with E-state index in [0.717, 1.165) is 12.5 Å². The Hall–Kier alpha value is -1.91. The molecule has 0 aliphatic carbocycles. The van der Waals surface area contributed by atoms with Gasteiger partial charge in [0, 0.05) is 50.3 Å². The topological polar surface area (TPSA) is 72.9 Å². The second kappa shape index (κ2) is 12.3. The minimum absolute atomic E-state index is 0.00815. The molecule has 0 radical (unpaired) electrons. The molecule has 0 spiro atoms. The Morgan fingerprint density at radius 1 is 1.24 bits per heavy atom. The molecule has 2 aliphatic rings. The van der Waals surface area contributed by atoms with Gasteiger partial charge in [0.2, 0.25) is 5.91 Å². The van der Waals surface area contributed by atoms with Crippen LogP contribution >= 0.6 is 11.6 Å². The van der Waals surface area contributed by atoms with Crippen LogP contribution in [0.5, 0.6) is 0 Å². The number of likely N-dealkylation sites (tertiary alicyclic amines) is 2. The molecule has 1 aromatic rings. The summed E-state index contributed by atoms with van der Waals surface area (Å²) in [5.74, 6) is -1.94. The van der Waals surface area contributed by atoms with Gasteiger partial charge in [-0.15, -0.1) is 0 Å². The van der Waals surface area contributed by atoms with Crippen LogP contribution < -0.4 is 5.32 Å². The quantitative estimate of drug-likeness (QED) is 0.402. The summed E-state index contributed by atoms with van der Waals surface area (Å²) in [6, 6.07) is 3.44. The summed E-state index contributed by atoms with van der Waals surface area (Å²) in [6.07, 6.45) is -3.35. The van der Waals surface area contributed by atoms with Crippen molar-refractivity contribution < 1.29 is 32.3 Å². The van der Waals surface area contributed by atoms with Crippen molar-refractivity contribution in [3.05, 3.63) is 34.3 Å². The van der Waals surface area contributed by atoms with Crippen molar-refractivity contribution in [1.29, 1.82) is 0 Å². The molecule has 1 aromatic carbocycles. The smallest absolute Gasteiger partial charge is 0.416 e. The van der Waals surface area contributed by atoms with Gasteiger partial charge in [-0.05, 0) is 42.9 Å². The number of carbonyl (C=O) groups excluding carboxylic acids is 1. The predicted molar refractivity (Wildman–Crippen MR) is 133 cm³/mol. The van der Waals surface area contributed by atoms with Crippen LogP contribution in [0.15, 0.2) is 18.2 Å². The van der Waals surface area contributed by atoms with Crippen LogP contribution in [0, 0.1) is 11.3 Å². The fourth-order valence-electron chi connectivity index (χ4n) is 5.66. The normalized spacial score (nSPS) is 24.8. The fourth-order valence-corrected chi connectivity index (χ4v) is 5.89. The molecule has 6 nitrogen and oxygen atoms in total. The molecule has 1 amide bonds. The highest BCUT2D eigenvalue weighted by molar-refractivity contribution is 6.31. The van der Waals surface area contributed by atoms with Gasteiger partial charge in [0.25, 0.3) is 0 Å². The zero-order valence-electron chi connectivity index (χ0n) is 21.3. The maximum Gasteiger partial charge on any atom is 0.416 e. The van der Waals surface area contributed by atoms with Crippen LogP contribution in [0.2, 0.25) is 5.02 Å². The van der Waals surface area contributed by atoms with Crippen molar-refractivity contribution in [3.8, 4) is 0 Å². The van der Waals surface area contributed by atoms with Crippen molar-refractivity contribution >= 4 is 23.5 Å². The Kier molecular flexibility index (Phi) is 9.85. The van der Waals surface area contributed by atoms with Crippen LogP contribution in [0.3, 0.4) is 0 Å². The van der Waals surface area contributed by atoms with Crippen molar-refractivity contribution in [1.82, 2.24) is 15.1 Å². The third-order valence-electron chi connectivity index (χ3n) is 7.69. The van der Waals surface area contributed by atoms with E-state index in [0.29, 0.717) is 38.9 Å². The Morgan fingerprint density at radius 3 is 2.51 bits per heavy atom. The van der Waals surface area contributed by atoms with E-state index in [2.05, 4.69) is 5.32 Å². The van der Waals surface area contributed by atoms with Crippen LogP contribution in [-0.2, 0) is 22.3 Å². The SMILES string of the molecule is CCCC(F)CN1CCC(NC(=O)C2(CC(=O)O)CN(Cc3c(Cl)cccc3C(F)(F)F)CC2C)CC1. The van der Waals surface area contributed by atoms with E-state index in [1.54, 1.807) is 11.8 Å². The lowest BCUT2D eigenvalue weighted by Gasteiger charge is -2.36. The first-order valence-electron chi connectivity index (χ1n) is 12.8. The Bertz CT molecular complexity index is 955. The number of rotatable bonds is 10. The summed E-state index contributed by atoms with van der Waals surface area (Å²) in [4.78, 5) is 29.1. The van der Waals surface area contributed by atoms with E-state index in [-0.39, 0.29) is 36.3 Å². The molecule has 2 N–H and O–H groups in total. The number of nitrogens with one attached hydrogen (secondary N) is 1. The molecule has 0 saturated carbocycles. The number of carbonyl (C=O) groups is 2. The van der Waals surface area contributed by atoms with Crippen LogP contribution in [0.25, 0.3) is 0 Å². The van der Waals surface area contributed by atoms with Crippen LogP contribution in [0.1, 0.15) is 57.1 Å². The van der Waals surface area contributed by atoms with Gasteiger partial charge < -0.3 is 15.3 Å². The minimum atomic E-state index is -4.59. The summed E-state index contributed by atoms with van der Waals surface area (Å²) in [6.45, 7) is 5.46. The van der Waals surface area contributed by atoms with Gasteiger partial charge in [-0.3, -0.25) is 14.5 Å². The molecule has 3 unspecified atom stereocenters. The van der Waals surface area contributed by atoms with Crippen LogP contribution in [-0.4, -0.2) is 71.7 Å². The summed E-state index contributed by atoms with van der Waals surface area (Å²) < 4.78 is 54.7. The van der Waals surface area contributed by atoms with E-state index in [4.69, 9.17) is 11.6 Å². The van der Waals surface area contributed by atoms with E-state index < -0.39 is 47.5 Å². The number of nitrogens with zero attached hydrogens (tertiary/aromatic N) is 2. The van der Waals surface area contributed by atoms with E-state index in [9.17, 15) is 32.3 Å². The van der Waals surface area contributed by atoms with Crippen molar-refractivity contribution in [2.24, 2.45) is 11.3 Å². The molecular formula is C26H36ClF4N3O3. The zero-order valence-corrected chi connectivity index (χ0v) is 22.0. The van der Waals surface area contributed by atoms with Crippen molar-refractivity contribution in [2.45, 2.75) is 70.9 Å². The molecule has 2 fully saturated rings. The number of aliphatic carboxylic acids is 1. The first kappa shape index (κ1) is 29.6. The molecule has 2 aliphatic heterocycles. The average Bonchev–Trinajstić information content (AvgIpc) is 3.11. The molecular weight excluding hydrogens is 514 g/mol. The molecule has 11 heteroatoms. The molecule has 3 atom stereocenters. The Balaban J connectivity index is 1.70. The Morgan fingerprint density at radius 2 is 1.92 bits per heavy atom. The minimum Gasteiger partial charge on any atom is -0.481 e. The van der Waals surface area contributed by atoms with Gasteiger partial charge in [-0.2, -0.15) is 13.2 Å². The maximum absolute atomic E-state index is 14.0. The number of amides is 1. The number of carboxylic acids is 1. The number of halogens is 5. The molecule has 2 saturated heterocycles. The fraction of sp³-hybridized carbons (Fsp3) is 0.692. The summed E-state index contributed by atoms with van der Waals surface area (Å²) >= 11 is 6.13. The summed E-state index contributed by atoms with van der Waals surface area (Å²) in [5, 5.41) is 12.6. The molecule has 3 rings (SSSR count). The second-order valence-electron chi connectivity index (χ2n) is 10.5. The number of benzene rings is 1. The summed E-state index contributed by atoms with van der Waals surface area (Å²) in [7, 11) is 0. The van der Waals surface area contributed by atoms with Gasteiger partial charge in [-0.25, -0.2) is 4.39 Å². The van der Waals surface area contributed by atoms with E-state index in [1.165, 1.54) is 12.1 Å². The number of hydrogen-bond acceptors (Lipinski definition) is 4. The number of alkyl halides is 4. The third kappa shape index (κ3) is 7.35. The first-order valence-corrected chi connectivity index (χ1v) is 13.2. The largest absolute Gasteiger partial charge is 0.481 e. The highest BCUT2D eigenvalue weighted by Crippen LogP contribution is 2.42. The molecule has 37 heavy (non-hydrogen) atoms. The second-order valence-corrected chi connectivity index (χ2v) is 10.9. The van der Waals surface area contributed by atoms with Gasteiger partial charge in [-0.1, -0.05) is 37.9 Å². The average molecular weight is 550 g/mol. The maximum atomic E-state index is 14.0. The van der Waals surface area contributed by atoms with E-state index >= 15 is 0 Å². The predicted octanol–water partition coefficient (Wildman–Crippen LogP) is 4.99. The third-order valence-corrected chi connectivity index (χ3v) is 8.04. The molecule has 208 valence electrons. The van der Waals surface area contributed by atoms with Gasteiger partial charge in [0.05, 0.1) is 17.4 Å². The number of carboxylic acid groups (broad SMARTS) is 1. The first-order chi connectivity index (χ1) is 17.4. The molecule has 2 heterocycles. The summed E-state index contributed by atoms with van der Waals surface area (Å²) in [5.41, 5.74) is -2.21. The van der Waals surface area contributed by atoms with E-state index in [1.807, 2.05) is 11.8 Å². The van der Waals surface area contributed by atoms with Crippen LogP contribution in [0.4, 0.5) is 17.6 Å². The highest BCUT2D eigenvalue weighted by Gasteiger charge is 2.52. The molecule has 0 aromatic heterocycles.